The molecule has 0 aliphatic rings. The van der Waals surface area contributed by atoms with Crippen LogP contribution in [0.1, 0.15) is 32.4 Å². The molecule has 3 nitrogen and oxygen atoms in total. The van der Waals surface area contributed by atoms with Crippen LogP contribution >= 0.6 is 11.6 Å². The normalized spacial score (nSPS) is 12.5. The maximum absolute atomic E-state index is 11.5. The summed E-state index contributed by atoms with van der Waals surface area (Å²) in [6.45, 7) is 5.82. The van der Waals surface area contributed by atoms with E-state index in [1.54, 1.807) is 0 Å². The Morgan fingerprint density at radius 1 is 1.29 bits per heavy atom. The highest BCUT2D eigenvalue weighted by atomic mass is 35.5. The average Bonchev–Trinajstić information content (AvgIpc) is 2.27. The molecule has 1 rings (SSSR count). The summed E-state index contributed by atoms with van der Waals surface area (Å²) in [6, 6.07) is 7.37. The fourth-order valence-corrected chi connectivity index (χ4v) is 1.49. The van der Waals surface area contributed by atoms with Crippen molar-refractivity contribution in [1.29, 1.82) is 0 Å². The quantitative estimate of drug-likeness (QED) is 0.879. The molecule has 0 saturated heterocycles. The van der Waals surface area contributed by atoms with Crippen LogP contribution in [0.25, 0.3) is 0 Å². The van der Waals surface area contributed by atoms with Gasteiger partial charge in [-0.2, -0.15) is 0 Å². The van der Waals surface area contributed by atoms with Gasteiger partial charge >= 0.3 is 0 Å². The molecule has 0 aromatic heterocycles. The first-order valence-corrected chi connectivity index (χ1v) is 6.03. The molecular formula is C13H18ClNO2. The third kappa shape index (κ3) is 5.20. The number of nitrogens with one attached hydrogen (secondary N) is 1. The molecule has 0 spiro atoms. The van der Waals surface area contributed by atoms with E-state index in [1.807, 2.05) is 45.0 Å². The zero-order valence-corrected chi connectivity index (χ0v) is 11.1. The fourth-order valence-electron chi connectivity index (χ4n) is 1.36. The summed E-state index contributed by atoms with van der Waals surface area (Å²) < 4.78 is 5.23. The lowest BCUT2D eigenvalue weighted by Crippen LogP contribution is -2.31. The molecule has 94 valence electrons. The second kappa shape index (κ2) is 6.62. The van der Waals surface area contributed by atoms with E-state index >= 15 is 0 Å². The second-order valence-corrected chi connectivity index (χ2v) is 4.64. The van der Waals surface area contributed by atoms with Crippen LogP contribution in [0.2, 0.25) is 5.02 Å². The molecule has 4 heteroatoms. The van der Waals surface area contributed by atoms with Crippen LogP contribution in [0.5, 0.6) is 0 Å². The van der Waals surface area contributed by atoms with Crippen molar-refractivity contribution in [3.8, 4) is 0 Å². The van der Waals surface area contributed by atoms with E-state index in [0.29, 0.717) is 5.02 Å². The summed E-state index contributed by atoms with van der Waals surface area (Å²) in [4.78, 5) is 11.5. The van der Waals surface area contributed by atoms with Gasteiger partial charge in [-0.25, -0.2) is 0 Å². The van der Waals surface area contributed by atoms with Crippen molar-refractivity contribution in [3.63, 3.8) is 0 Å². The fraction of sp³-hybridized carbons (Fsp3) is 0.462. The van der Waals surface area contributed by atoms with E-state index in [4.69, 9.17) is 16.3 Å². The maximum atomic E-state index is 11.5. The summed E-state index contributed by atoms with van der Waals surface area (Å²) in [6.07, 6.45) is 0.0617. The molecule has 0 bridgehead atoms. The van der Waals surface area contributed by atoms with Crippen LogP contribution in [-0.2, 0) is 9.53 Å². The smallest absolute Gasteiger partial charge is 0.246 e. The standard InChI is InChI=1S/C13H18ClNO2/c1-9(2)17-8-13(16)15-10(3)11-4-6-12(14)7-5-11/h4-7,9-10H,8H2,1-3H3,(H,15,16). The first kappa shape index (κ1) is 14.0. The minimum atomic E-state index is -0.110. The molecule has 1 aromatic carbocycles. The van der Waals surface area contributed by atoms with Gasteiger partial charge in [0.2, 0.25) is 5.91 Å². The molecule has 1 unspecified atom stereocenters. The first-order valence-electron chi connectivity index (χ1n) is 5.65. The summed E-state index contributed by atoms with van der Waals surface area (Å²) in [5.41, 5.74) is 1.02. The molecule has 1 N–H and O–H groups in total. The number of rotatable bonds is 5. The van der Waals surface area contributed by atoms with Crippen molar-refractivity contribution >= 4 is 17.5 Å². The summed E-state index contributed by atoms with van der Waals surface area (Å²) in [5, 5.41) is 3.55. The minimum absolute atomic E-state index is 0.0458. The van der Waals surface area contributed by atoms with Crippen LogP contribution < -0.4 is 5.32 Å². The molecule has 0 radical (unpaired) electrons. The first-order chi connectivity index (χ1) is 7.99. The summed E-state index contributed by atoms with van der Waals surface area (Å²) in [5.74, 6) is -0.110. The topological polar surface area (TPSA) is 38.3 Å². The van der Waals surface area contributed by atoms with Gasteiger partial charge in [0.15, 0.2) is 0 Å². The van der Waals surface area contributed by atoms with E-state index in [2.05, 4.69) is 5.32 Å². The van der Waals surface area contributed by atoms with Crippen molar-refractivity contribution in [2.75, 3.05) is 6.61 Å². The Bertz CT molecular complexity index is 362. The largest absolute Gasteiger partial charge is 0.369 e. The highest BCUT2D eigenvalue weighted by Gasteiger charge is 2.09. The van der Waals surface area contributed by atoms with Crippen LogP contribution in [-0.4, -0.2) is 18.6 Å². The molecule has 1 amide bonds. The molecule has 0 saturated carbocycles. The van der Waals surface area contributed by atoms with Crippen molar-refractivity contribution in [1.82, 2.24) is 5.32 Å². The zero-order valence-electron chi connectivity index (χ0n) is 10.4. The lowest BCUT2D eigenvalue weighted by Gasteiger charge is -2.15. The highest BCUT2D eigenvalue weighted by Crippen LogP contribution is 2.15. The van der Waals surface area contributed by atoms with Crippen molar-refractivity contribution in [2.45, 2.75) is 32.9 Å². The third-order valence-electron chi connectivity index (χ3n) is 2.30. The molecule has 0 aliphatic carbocycles. The van der Waals surface area contributed by atoms with Gasteiger partial charge in [0, 0.05) is 5.02 Å². The van der Waals surface area contributed by atoms with Gasteiger partial charge in [-0.05, 0) is 38.5 Å². The number of hydrogen-bond donors (Lipinski definition) is 1. The number of ether oxygens (including phenoxy) is 1. The van der Waals surface area contributed by atoms with E-state index in [0.717, 1.165) is 5.56 Å². The Balaban J connectivity index is 2.46. The predicted molar refractivity (Wildman–Crippen MR) is 69.1 cm³/mol. The van der Waals surface area contributed by atoms with Gasteiger partial charge in [0.25, 0.3) is 0 Å². The van der Waals surface area contributed by atoms with Crippen LogP contribution in [0.3, 0.4) is 0 Å². The van der Waals surface area contributed by atoms with Gasteiger partial charge in [0.05, 0.1) is 12.1 Å². The third-order valence-corrected chi connectivity index (χ3v) is 2.55. The SMILES string of the molecule is CC(C)OCC(=O)NC(C)c1ccc(Cl)cc1. The average molecular weight is 256 g/mol. The van der Waals surface area contributed by atoms with Crippen molar-refractivity contribution < 1.29 is 9.53 Å². The molecule has 0 aliphatic heterocycles. The van der Waals surface area contributed by atoms with Gasteiger partial charge in [0.1, 0.15) is 6.61 Å². The maximum Gasteiger partial charge on any atom is 0.246 e. The second-order valence-electron chi connectivity index (χ2n) is 4.20. The van der Waals surface area contributed by atoms with Gasteiger partial charge in [-0.1, -0.05) is 23.7 Å². The van der Waals surface area contributed by atoms with E-state index < -0.39 is 0 Å². The Kier molecular flexibility index (Phi) is 5.45. The van der Waals surface area contributed by atoms with E-state index in [9.17, 15) is 4.79 Å². The van der Waals surface area contributed by atoms with E-state index in [1.165, 1.54) is 0 Å². The zero-order chi connectivity index (χ0) is 12.8. The number of carbonyl (C=O) groups excluding carboxylic acids is 1. The van der Waals surface area contributed by atoms with Gasteiger partial charge in [-0.15, -0.1) is 0 Å². The molecular weight excluding hydrogens is 238 g/mol. The minimum Gasteiger partial charge on any atom is -0.369 e. The van der Waals surface area contributed by atoms with Crippen molar-refractivity contribution in [2.24, 2.45) is 0 Å². The van der Waals surface area contributed by atoms with Gasteiger partial charge < -0.3 is 10.1 Å². The van der Waals surface area contributed by atoms with Crippen LogP contribution in [0.4, 0.5) is 0 Å². The molecule has 1 aromatic rings. The number of amides is 1. The highest BCUT2D eigenvalue weighted by molar-refractivity contribution is 6.30. The molecule has 0 fully saturated rings. The lowest BCUT2D eigenvalue weighted by atomic mass is 10.1. The number of benzene rings is 1. The van der Waals surface area contributed by atoms with Crippen LogP contribution in [0.15, 0.2) is 24.3 Å². The molecule has 0 heterocycles. The van der Waals surface area contributed by atoms with Crippen LogP contribution in [0, 0.1) is 0 Å². The predicted octanol–water partition coefficient (Wildman–Crippen LogP) is 2.94. The number of carbonyl (C=O) groups is 1. The van der Waals surface area contributed by atoms with Gasteiger partial charge in [-0.3, -0.25) is 4.79 Å². The Labute approximate surface area is 107 Å². The number of hydrogen-bond acceptors (Lipinski definition) is 2. The lowest BCUT2D eigenvalue weighted by molar-refractivity contribution is -0.127. The Morgan fingerprint density at radius 3 is 2.41 bits per heavy atom. The van der Waals surface area contributed by atoms with E-state index in [-0.39, 0.29) is 24.7 Å². The Hall–Kier alpha value is -1.06. The monoisotopic (exact) mass is 255 g/mol. The Morgan fingerprint density at radius 2 is 1.88 bits per heavy atom. The van der Waals surface area contributed by atoms with Crippen molar-refractivity contribution in [3.05, 3.63) is 34.9 Å². The number of halogens is 1. The molecule has 1 atom stereocenters. The molecule has 17 heavy (non-hydrogen) atoms. The summed E-state index contributed by atoms with van der Waals surface area (Å²) in [7, 11) is 0. The summed E-state index contributed by atoms with van der Waals surface area (Å²) >= 11 is 5.80.